The van der Waals surface area contributed by atoms with Gasteiger partial charge in [0.15, 0.2) is 11.5 Å². The minimum absolute atomic E-state index is 0.397. The van der Waals surface area contributed by atoms with Crippen molar-refractivity contribution in [3.8, 4) is 22.6 Å². The third-order valence-corrected chi connectivity index (χ3v) is 5.44. The lowest BCUT2D eigenvalue weighted by molar-refractivity contribution is 0.1000. The minimum atomic E-state index is -0.397. The number of nitrogens with zero attached hydrogens (tertiary/aromatic N) is 1. The highest BCUT2D eigenvalue weighted by Crippen LogP contribution is 2.33. The van der Waals surface area contributed by atoms with Crippen molar-refractivity contribution in [3.63, 3.8) is 0 Å². The fourth-order valence-corrected chi connectivity index (χ4v) is 3.87. The van der Waals surface area contributed by atoms with Gasteiger partial charge in [0.2, 0.25) is 0 Å². The van der Waals surface area contributed by atoms with Gasteiger partial charge >= 0.3 is 0 Å². The van der Waals surface area contributed by atoms with Crippen molar-refractivity contribution in [1.29, 1.82) is 0 Å². The first-order chi connectivity index (χ1) is 13.9. The predicted molar refractivity (Wildman–Crippen MR) is 116 cm³/mol. The highest BCUT2D eigenvalue weighted by molar-refractivity contribution is 6.02. The van der Waals surface area contributed by atoms with Crippen LogP contribution in [0.15, 0.2) is 42.5 Å². The second kappa shape index (κ2) is 8.43. The molecule has 1 heterocycles. The van der Waals surface area contributed by atoms with Gasteiger partial charge in [-0.05, 0) is 50.5 Å². The zero-order valence-electron chi connectivity index (χ0n) is 17.7. The standard InChI is InChI=1S/C24H28N2O3/c1-15-6-9-19(10-7-15)22-16(2)26(17(3)23(22)24(25)27)13-12-18-8-11-20(28-4)21(14-18)29-5/h6-11,14H,12-13H2,1-5H3,(H2,25,27). The van der Waals surface area contributed by atoms with Gasteiger partial charge in [0, 0.05) is 23.5 Å². The monoisotopic (exact) mass is 392 g/mol. The molecule has 5 heteroatoms. The van der Waals surface area contributed by atoms with E-state index in [4.69, 9.17) is 15.2 Å². The van der Waals surface area contributed by atoms with Crippen molar-refractivity contribution in [2.45, 2.75) is 33.7 Å². The molecule has 152 valence electrons. The lowest BCUT2D eigenvalue weighted by atomic mass is 9.99. The normalized spacial score (nSPS) is 10.8. The number of hydrogen-bond acceptors (Lipinski definition) is 3. The Bertz CT molecular complexity index is 1030. The molecule has 0 unspecified atom stereocenters. The van der Waals surface area contributed by atoms with Crippen LogP contribution in [-0.2, 0) is 13.0 Å². The fourth-order valence-electron chi connectivity index (χ4n) is 3.87. The zero-order valence-corrected chi connectivity index (χ0v) is 17.7. The third-order valence-electron chi connectivity index (χ3n) is 5.44. The molecule has 0 aliphatic heterocycles. The van der Waals surface area contributed by atoms with Gasteiger partial charge in [0.25, 0.3) is 5.91 Å². The van der Waals surface area contributed by atoms with Crippen LogP contribution in [0, 0.1) is 20.8 Å². The van der Waals surface area contributed by atoms with Crippen LogP contribution in [0.25, 0.3) is 11.1 Å². The molecule has 29 heavy (non-hydrogen) atoms. The van der Waals surface area contributed by atoms with E-state index in [1.165, 1.54) is 5.56 Å². The first-order valence-electron chi connectivity index (χ1n) is 9.64. The van der Waals surface area contributed by atoms with Crippen molar-refractivity contribution in [1.82, 2.24) is 4.57 Å². The van der Waals surface area contributed by atoms with E-state index >= 15 is 0 Å². The Morgan fingerprint density at radius 1 is 0.931 bits per heavy atom. The SMILES string of the molecule is COc1ccc(CCn2c(C)c(C(N)=O)c(-c3ccc(C)cc3)c2C)cc1OC. The summed E-state index contributed by atoms with van der Waals surface area (Å²) >= 11 is 0. The molecule has 0 fully saturated rings. The van der Waals surface area contributed by atoms with E-state index in [1.54, 1.807) is 14.2 Å². The Morgan fingerprint density at radius 2 is 1.59 bits per heavy atom. The van der Waals surface area contributed by atoms with Crippen LogP contribution in [0.2, 0.25) is 0 Å². The van der Waals surface area contributed by atoms with Crippen LogP contribution in [-0.4, -0.2) is 24.7 Å². The van der Waals surface area contributed by atoms with Crippen molar-refractivity contribution in [3.05, 3.63) is 70.5 Å². The maximum absolute atomic E-state index is 12.3. The predicted octanol–water partition coefficient (Wildman–Crippen LogP) is 4.44. The van der Waals surface area contributed by atoms with Crippen LogP contribution < -0.4 is 15.2 Å². The van der Waals surface area contributed by atoms with Crippen molar-refractivity contribution >= 4 is 5.91 Å². The summed E-state index contributed by atoms with van der Waals surface area (Å²) in [6.45, 7) is 6.78. The number of nitrogens with two attached hydrogens (primary N) is 1. The Hall–Kier alpha value is -3.21. The number of hydrogen-bond donors (Lipinski definition) is 1. The number of carbonyl (C=O) groups excluding carboxylic acids is 1. The van der Waals surface area contributed by atoms with Gasteiger partial charge in [-0.25, -0.2) is 0 Å². The van der Waals surface area contributed by atoms with Gasteiger partial charge in [-0.3, -0.25) is 4.79 Å². The lowest BCUT2D eigenvalue weighted by Crippen LogP contribution is -2.14. The van der Waals surface area contributed by atoms with Gasteiger partial charge in [-0.1, -0.05) is 35.9 Å². The van der Waals surface area contributed by atoms with Crippen LogP contribution in [0.4, 0.5) is 0 Å². The Balaban J connectivity index is 1.97. The molecule has 1 aromatic heterocycles. The molecular weight excluding hydrogens is 364 g/mol. The molecule has 2 aromatic carbocycles. The van der Waals surface area contributed by atoms with E-state index in [0.717, 1.165) is 41.0 Å². The first kappa shape index (κ1) is 20.5. The largest absolute Gasteiger partial charge is 0.493 e. The number of aryl methyl sites for hydroxylation is 2. The number of benzene rings is 2. The van der Waals surface area contributed by atoms with E-state index in [0.29, 0.717) is 17.1 Å². The van der Waals surface area contributed by atoms with Gasteiger partial charge in [-0.2, -0.15) is 0 Å². The third kappa shape index (κ3) is 3.99. The van der Waals surface area contributed by atoms with E-state index in [9.17, 15) is 4.79 Å². The molecular formula is C24H28N2O3. The molecule has 0 atom stereocenters. The number of primary amides is 1. The maximum Gasteiger partial charge on any atom is 0.251 e. The summed E-state index contributed by atoms with van der Waals surface area (Å²) in [7, 11) is 3.26. The molecule has 2 N–H and O–H groups in total. The van der Waals surface area contributed by atoms with Gasteiger partial charge in [0.1, 0.15) is 0 Å². The minimum Gasteiger partial charge on any atom is -0.493 e. The molecule has 3 rings (SSSR count). The summed E-state index contributed by atoms with van der Waals surface area (Å²) in [5, 5.41) is 0. The molecule has 5 nitrogen and oxygen atoms in total. The van der Waals surface area contributed by atoms with Crippen LogP contribution in [0.5, 0.6) is 11.5 Å². The van der Waals surface area contributed by atoms with Crippen LogP contribution in [0.3, 0.4) is 0 Å². The van der Waals surface area contributed by atoms with Gasteiger partial charge in [-0.15, -0.1) is 0 Å². The maximum atomic E-state index is 12.3. The number of ether oxygens (including phenoxy) is 2. The summed E-state index contributed by atoms with van der Waals surface area (Å²) in [5.41, 5.74) is 12.5. The molecule has 0 saturated heterocycles. The summed E-state index contributed by atoms with van der Waals surface area (Å²) in [6, 6.07) is 14.1. The van der Waals surface area contributed by atoms with Gasteiger partial charge < -0.3 is 19.8 Å². The molecule has 0 aliphatic rings. The van der Waals surface area contributed by atoms with E-state index in [2.05, 4.69) is 16.7 Å². The highest BCUT2D eigenvalue weighted by Gasteiger charge is 2.22. The number of aromatic nitrogens is 1. The second-order valence-corrected chi connectivity index (χ2v) is 7.24. The quantitative estimate of drug-likeness (QED) is 0.646. The van der Waals surface area contributed by atoms with Gasteiger partial charge in [0.05, 0.1) is 19.8 Å². The topological polar surface area (TPSA) is 66.5 Å². The summed E-state index contributed by atoms with van der Waals surface area (Å²) < 4.78 is 12.9. The Labute approximate surface area is 172 Å². The highest BCUT2D eigenvalue weighted by atomic mass is 16.5. The molecule has 1 amide bonds. The number of amides is 1. The average molecular weight is 392 g/mol. The Kier molecular flexibility index (Phi) is 5.97. The molecule has 3 aromatic rings. The van der Waals surface area contributed by atoms with Crippen molar-refractivity contribution < 1.29 is 14.3 Å². The molecule has 0 spiro atoms. The van der Waals surface area contributed by atoms with Crippen LogP contribution >= 0.6 is 0 Å². The summed E-state index contributed by atoms with van der Waals surface area (Å²) in [4.78, 5) is 12.3. The van der Waals surface area contributed by atoms with Crippen LogP contribution in [0.1, 0.15) is 32.9 Å². The van der Waals surface area contributed by atoms with E-state index in [-0.39, 0.29) is 0 Å². The molecule has 0 bridgehead atoms. The second-order valence-electron chi connectivity index (χ2n) is 7.24. The molecule has 0 radical (unpaired) electrons. The van der Waals surface area contributed by atoms with E-state index in [1.807, 2.05) is 51.1 Å². The number of carbonyl (C=O) groups is 1. The molecule has 0 saturated carbocycles. The summed E-state index contributed by atoms with van der Waals surface area (Å²) in [6.07, 6.45) is 0.794. The number of methoxy groups -OCH3 is 2. The Morgan fingerprint density at radius 3 is 2.17 bits per heavy atom. The first-order valence-corrected chi connectivity index (χ1v) is 9.64. The lowest BCUT2D eigenvalue weighted by Gasteiger charge is -2.12. The zero-order chi connectivity index (χ0) is 21.1. The summed E-state index contributed by atoms with van der Waals surface area (Å²) in [5.74, 6) is 1.03. The van der Waals surface area contributed by atoms with E-state index < -0.39 is 5.91 Å². The average Bonchev–Trinajstić information content (AvgIpc) is 2.96. The number of rotatable bonds is 7. The fraction of sp³-hybridized carbons (Fsp3) is 0.292. The van der Waals surface area contributed by atoms with Crippen molar-refractivity contribution in [2.75, 3.05) is 14.2 Å². The smallest absolute Gasteiger partial charge is 0.251 e. The molecule has 0 aliphatic carbocycles. The van der Waals surface area contributed by atoms with Crippen molar-refractivity contribution in [2.24, 2.45) is 5.73 Å².